The van der Waals surface area contributed by atoms with E-state index in [4.69, 9.17) is 11.6 Å². The van der Waals surface area contributed by atoms with E-state index in [2.05, 4.69) is 6.07 Å². The predicted molar refractivity (Wildman–Crippen MR) is 103 cm³/mol. The summed E-state index contributed by atoms with van der Waals surface area (Å²) in [6.07, 6.45) is 0. The Balaban J connectivity index is 1.94. The molecule has 1 heterocycles. The van der Waals surface area contributed by atoms with Crippen LogP contribution in [0.25, 0.3) is 11.1 Å². The maximum atomic E-state index is 13.4. The molecule has 3 aromatic rings. The Hall–Kier alpha value is -3.09. The van der Waals surface area contributed by atoms with Gasteiger partial charge >= 0.3 is 0 Å². The van der Waals surface area contributed by atoms with Crippen molar-refractivity contribution < 1.29 is 4.79 Å². The van der Waals surface area contributed by atoms with Crippen molar-refractivity contribution in [2.24, 2.45) is 0 Å². The number of carbonyl (C=O) groups excluding carboxylic acids is 1. The minimum absolute atomic E-state index is 0.213. The molecule has 0 aliphatic carbocycles. The van der Waals surface area contributed by atoms with E-state index in [1.165, 1.54) is 0 Å². The molecule has 0 saturated carbocycles. The SMILES string of the molecule is N#CC1c2ccccc2-c2ccccc2N1C(=O)c1ccccc1CCl. The van der Waals surface area contributed by atoms with E-state index in [1.807, 2.05) is 66.7 Å². The van der Waals surface area contributed by atoms with E-state index in [9.17, 15) is 10.1 Å². The van der Waals surface area contributed by atoms with E-state index in [1.54, 1.807) is 11.0 Å². The molecule has 1 atom stereocenters. The third-order valence-electron chi connectivity index (χ3n) is 4.70. The number of anilines is 1. The van der Waals surface area contributed by atoms with Crippen LogP contribution in [0, 0.1) is 11.3 Å². The number of hydrogen-bond acceptors (Lipinski definition) is 2. The zero-order valence-corrected chi connectivity index (χ0v) is 14.6. The van der Waals surface area contributed by atoms with Crippen LogP contribution in [0.1, 0.15) is 27.5 Å². The Morgan fingerprint density at radius 2 is 1.62 bits per heavy atom. The second-order valence-corrected chi connectivity index (χ2v) is 6.37. The van der Waals surface area contributed by atoms with Gasteiger partial charge in [0.2, 0.25) is 0 Å². The number of para-hydroxylation sites is 1. The molecular formula is C22H15ClN2O. The first-order valence-electron chi connectivity index (χ1n) is 8.31. The molecule has 0 aromatic heterocycles. The van der Waals surface area contributed by atoms with Crippen LogP contribution in [0.3, 0.4) is 0 Å². The molecule has 4 rings (SSSR count). The fraction of sp³-hybridized carbons (Fsp3) is 0.0909. The Morgan fingerprint density at radius 3 is 2.38 bits per heavy atom. The normalized spacial score (nSPS) is 14.9. The zero-order valence-electron chi connectivity index (χ0n) is 13.9. The molecule has 0 spiro atoms. The molecule has 0 radical (unpaired) electrons. The monoisotopic (exact) mass is 358 g/mol. The topological polar surface area (TPSA) is 44.1 Å². The van der Waals surface area contributed by atoms with Gasteiger partial charge in [-0.2, -0.15) is 5.26 Å². The Kier molecular flexibility index (Phi) is 4.20. The number of carbonyl (C=O) groups is 1. The first kappa shape index (κ1) is 16.4. The number of hydrogen-bond donors (Lipinski definition) is 0. The number of benzene rings is 3. The van der Waals surface area contributed by atoms with Gasteiger partial charge in [0.1, 0.15) is 6.04 Å². The van der Waals surface area contributed by atoms with Gasteiger partial charge in [-0.3, -0.25) is 9.69 Å². The molecule has 1 unspecified atom stereocenters. The first-order chi connectivity index (χ1) is 12.8. The summed E-state index contributed by atoms with van der Waals surface area (Å²) >= 11 is 6.03. The average Bonchev–Trinajstić information content (AvgIpc) is 2.72. The lowest BCUT2D eigenvalue weighted by molar-refractivity contribution is 0.0980. The molecule has 26 heavy (non-hydrogen) atoms. The number of nitrogens with zero attached hydrogens (tertiary/aromatic N) is 2. The van der Waals surface area contributed by atoms with Crippen LogP contribution in [0.2, 0.25) is 0 Å². The summed E-state index contributed by atoms with van der Waals surface area (Å²) in [7, 11) is 0. The summed E-state index contributed by atoms with van der Waals surface area (Å²) in [6, 6.07) is 24.3. The number of nitriles is 1. The quantitative estimate of drug-likeness (QED) is 0.582. The highest BCUT2D eigenvalue weighted by molar-refractivity contribution is 6.18. The summed E-state index contributed by atoms with van der Waals surface area (Å²) in [5.41, 5.74) is 4.80. The number of fused-ring (bicyclic) bond motifs is 3. The van der Waals surface area contributed by atoms with Crippen molar-refractivity contribution in [3.05, 3.63) is 89.5 Å². The number of amides is 1. The van der Waals surface area contributed by atoms with Crippen LogP contribution in [0.4, 0.5) is 5.69 Å². The third-order valence-corrected chi connectivity index (χ3v) is 4.99. The largest absolute Gasteiger partial charge is 0.287 e. The lowest BCUT2D eigenvalue weighted by Crippen LogP contribution is -2.37. The zero-order chi connectivity index (χ0) is 18.1. The Morgan fingerprint density at radius 1 is 0.962 bits per heavy atom. The van der Waals surface area contributed by atoms with E-state index >= 15 is 0 Å². The van der Waals surface area contributed by atoms with Gasteiger partial charge in [-0.15, -0.1) is 11.6 Å². The fourth-order valence-electron chi connectivity index (χ4n) is 3.50. The third kappa shape index (κ3) is 2.47. The van der Waals surface area contributed by atoms with Crippen molar-refractivity contribution in [3.63, 3.8) is 0 Å². The minimum Gasteiger partial charge on any atom is -0.287 e. The summed E-state index contributed by atoms with van der Waals surface area (Å²) in [5.74, 6) is 0.0281. The highest BCUT2D eigenvalue weighted by Crippen LogP contribution is 2.45. The average molecular weight is 359 g/mol. The van der Waals surface area contributed by atoms with Crippen molar-refractivity contribution >= 4 is 23.2 Å². The highest BCUT2D eigenvalue weighted by atomic mass is 35.5. The number of halogens is 1. The van der Waals surface area contributed by atoms with Gasteiger partial charge in [0.15, 0.2) is 0 Å². The van der Waals surface area contributed by atoms with Gasteiger partial charge in [-0.05, 0) is 28.8 Å². The van der Waals surface area contributed by atoms with E-state index in [0.717, 1.165) is 27.9 Å². The molecule has 4 heteroatoms. The Labute approximate surface area is 157 Å². The molecule has 0 N–H and O–H groups in total. The minimum atomic E-state index is -0.683. The molecule has 0 fully saturated rings. The maximum Gasteiger partial charge on any atom is 0.260 e. The van der Waals surface area contributed by atoms with E-state index in [-0.39, 0.29) is 11.8 Å². The summed E-state index contributed by atoms with van der Waals surface area (Å²) in [4.78, 5) is 15.0. The van der Waals surface area contributed by atoms with Crippen LogP contribution in [0.15, 0.2) is 72.8 Å². The number of alkyl halides is 1. The van der Waals surface area contributed by atoms with Gasteiger partial charge < -0.3 is 0 Å². The van der Waals surface area contributed by atoms with Crippen molar-refractivity contribution in [2.75, 3.05) is 4.90 Å². The van der Waals surface area contributed by atoms with Crippen LogP contribution in [-0.4, -0.2) is 5.91 Å². The lowest BCUT2D eigenvalue weighted by Gasteiger charge is -2.35. The van der Waals surface area contributed by atoms with E-state index < -0.39 is 6.04 Å². The van der Waals surface area contributed by atoms with Crippen LogP contribution in [0.5, 0.6) is 0 Å². The van der Waals surface area contributed by atoms with Crippen molar-refractivity contribution in [3.8, 4) is 17.2 Å². The summed E-state index contributed by atoms with van der Waals surface area (Å²) < 4.78 is 0. The standard InChI is InChI=1S/C22H15ClN2O/c23-13-15-7-1-2-8-16(15)22(26)25-20-12-6-5-10-18(20)17-9-3-4-11-19(17)21(25)14-24/h1-12,21H,13H2. The second-order valence-electron chi connectivity index (χ2n) is 6.10. The van der Waals surface area contributed by atoms with Gasteiger partial charge in [0.25, 0.3) is 5.91 Å². The maximum absolute atomic E-state index is 13.4. The van der Waals surface area contributed by atoms with Crippen molar-refractivity contribution in [2.45, 2.75) is 11.9 Å². The summed E-state index contributed by atoms with van der Waals surface area (Å²) in [5, 5.41) is 9.89. The first-order valence-corrected chi connectivity index (χ1v) is 8.85. The second kappa shape index (κ2) is 6.67. The molecule has 1 amide bonds. The smallest absolute Gasteiger partial charge is 0.260 e. The van der Waals surface area contributed by atoms with Gasteiger partial charge in [0.05, 0.1) is 11.8 Å². The van der Waals surface area contributed by atoms with Crippen LogP contribution < -0.4 is 4.90 Å². The number of rotatable bonds is 2. The van der Waals surface area contributed by atoms with Crippen LogP contribution >= 0.6 is 11.6 Å². The fourth-order valence-corrected chi connectivity index (χ4v) is 3.73. The van der Waals surface area contributed by atoms with Crippen molar-refractivity contribution in [1.82, 2.24) is 0 Å². The molecule has 0 bridgehead atoms. The Bertz CT molecular complexity index is 1040. The summed E-state index contributed by atoms with van der Waals surface area (Å²) in [6.45, 7) is 0. The highest BCUT2D eigenvalue weighted by Gasteiger charge is 2.35. The van der Waals surface area contributed by atoms with Crippen LogP contribution in [-0.2, 0) is 5.88 Å². The molecule has 1 aliphatic rings. The van der Waals surface area contributed by atoms with Gasteiger partial charge in [-0.25, -0.2) is 0 Å². The molecule has 3 aromatic carbocycles. The molecule has 0 saturated heterocycles. The lowest BCUT2D eigenvalue weighted by atomic mass is 9.88. The van der Waals surface area contributed by atoms with Crippen molar-refractivity contribution in [1.29, 1.82) is 5.26 Å². The predicted octanol–water partition coefficient (Wildman–Crippen LogP) is 5.32. The molecule has 3 nitrogen and oxygen atoms in total. The van der Waals surface area contributed by atoms with E-state index in [0.29, 0.717) is 5.56 Å². The van der Waals surface area contributed by atoms with Gasteiger partial charge in [-0.1, -0.05) is 60.7 Å². The molecular weight excluding hydrogens is 344 g/mol. The molecule has 1 aliphatic heterocycles. The van der Waals surface area contributed by atoms with Gasteiger partial charge in [0, 0.05) is 17.0 Å². The molecule has 126 valence electrons.